The van der Waals surface area contributed by atoms with Gasteiger partial charge in [-0.15, -0.1) is 0 Å². The third-order valence-electron chi connectivity index (χ3n) is 3.32. The van der Waals surface area contributed by atoms with E-state index in [1.165, 1.54) is 0 Å². The maximum Gasteiger partial charge on any atom is 0.0676 e. The van der Waals surface area contributed by atoms with Gasteiger partial charge in [-0.05, 0) is 43.0 Å². The third-order valence-corrected chi connectivity index (χ3v) is 3.69. The lowest BCUT2D eigenvalue weighted by atomic mass is 9.97. The summed E-state index contributed by atoms with van der Waals surface area (Å²) >= 11 is 6.22. The maximum atomic E-state index is 6.22. The monoisotopic (exact) mass is 290 g/mol. The van der Waals surface area contributed by atoms with E-state index in [1.807, 2.05) is 37.3 Å². The van der Waals surface area contributed by atoms with Crippen molar-refractivity contribution in [2.75, 3.05) is 0 Å². The molecule has 0 spiro atoms. The molecule has 1 aromatic heterocycles. The summed E-state index contributed by atoms with van der Waals surface area (Å²) in [6.07, 6.45) is 1.54. The van der Waals surface area contributed by atoms with Crippen LogP contribution in [0.2, 0.25) is 5.02 Å². The largest absolute Gasteiger partial charge is 0.271 e. The quantitative estimate of drug-likeness (QED) is 0.656. The van der Waals surface area contributed by atoms with Gasteiger partial charge in [0.15, 0.2) is 0 Å². The zero-order chi connectivity index (χ0) is 14.5. The van der Waals surface area contributed by atoms with E-state index in [0.717, 1.165) is 34.0 Å². The number of aromatic nitrogens is 2. The van der Waals surface area contributed by atoms with Crippen molar-refractivity contribution in [3.05, 3.63) is 57.9 Å². The highest BCUT2D eigenvalue weighted by atomic mass is 35.5. The summed E-state index contributed by atoms with van der Waals surface area (Å²) in [5.41, 5.74) is 6.87. The molecule has 0 aliphatic heterocycles. The average molecular weight is 291 g/mol. The van der Waals surface area contributed by atoms with Crippen molar-refractivity contribution in [3.63, 3.8) is 0 Å². The summed E-state index contributed by atoms with van der Waals surface area (Å²) in [4.78, 5) is 0. The molecule has 20 heavy (non-hydrogen) atoms. The Labute approximate surface area is 124 Å². The molecule has 1 atom stereocenters. The SMILES string of the molecule is CCc1nnc(C)cc1C(Cc1ccccc1Cl)NN. The van der Waals surface area contributed by atoms with Crippen LogP contribution in [0.4, 0.5) is 0 Å². The van der Waals surface area contributed by atoms with E-state index in [2.05, 4.69) is 22.5 Å². The van der Waals surface area contributed by atoms with Crippen LogP contribution >= 0.6 is 11.6 Å². The van der Waals surface area contributed by atoms with Crippen molar-refractivity contribution in [1.82, 2.24) is 15.6 Å². The number of halogens is 1. The molecule has 0 aliphatic carbocycles. The van der Waals surface area contributed by atoms with Gasteiger partial charge in [0, 0.05) is 5.02 Å². The molecule has 3 N–H and O–H groups in total. The summed E-state index contributed by atoms with van der Waals surface area (Å²) in [5.74, 6) is 5.74. The predicted octanol–water partition coefficient (Wildman–Crippen LogP) is 2.75. The molecule has 106 valence electrons. The standard InChI is InChI=1S/C15H19ClN4/c1-3-14-12(8-10(2)19-20-14)15(18-17)9-11-6-4-5-7-13(11)16/h4-8,15,18H,3,9,17H2,1-2H3. The molecule has 5 heteroatoms. The molecule has 0 aliphatic rings. The summed E-state index contributed by atoms with van der Waals surface area (Å²) in [6, 6.07) is 9.81. The summed E-state index contributed by atoms with van der Waals surface area (Å²) in [7, 11) is 0. The zero-order valence-electron chi connectivity index (χ0n) is 11.7. The molecule has 0 radical (unpaired) electrons. The normalized spacial score (nSPS) is 12.4. The second kappa shape index (κ2) is 6.79. The fourth-order valence-electron chi connectivity index (χ4n) is 2.25. The summed E-state index contributed by atoms with van der Waals surface area (Å²) in [5, 5.41) is 9.11. The Morgan fingerprint density at radius 3 is 2.70 bits per heavy atom. The van der Waals surface area contributed by atoms with Crippen molar-refractivity contribution < 1.29 is 0 Å². The Bertz CT molecular complexity index is 586. The van der Waals surface area contributed by atoms with Gasteiger partial charge in [-0.3, -0.25) is 11.3 Å². The smallest absolute Gasteiger partial charge is 0.0676 e. The van der Waals surface area contributed by atoms with Crippen molar-refractivity contribution in [2.24, 2.45) is 5.84 Å². The van der Waals surface area contributed by atoms with E-state index in [9.17, 15) is 0 Å². The van der Waals surface area contributed by atoms with E-state index in [1.54, 1.807) is 0 Å². The predicted molar refractivity (Wildman–Crippen MR) is 81.4 cm³/mol. The van der Waals surface area contributed by atoms with Crippen LogP contribution in [0, 0.1) is 6.92 Å². The lowest BCUT2D eigenvalue weighted by Crippen LogP contribution is -2.31. The number of nitrogens with zero attached hydrogens (tertiary/aromatic N) is 2. The minimum Gasteiger partial charge on any atom is -0.271 e. The number of nitrogens with one attached hydrogen (secondary N) is 1. The first-order valence-electron chi connectivity index (χ1n) is 6.68. The van der Waals surface area contributed by atoms with Gasteiger partial charge in [-0.2, -0.15) is 10.2 Å². The molecule has 0 fully saturated rings. The third kappa shape index (κ3) is 3.33. The van der Waals surface area contributed by atoms with Gasteiger partial charge >= 0.3 is 0 Å². The first-order valence-corrected chi connectivity index (χ1v) is 7.06. The molecule has 0 bridgehead atoms. The minimum absolute atomic E-state index is 0.0287. The minimum atomic E-state index is -0.0287. The first-order chi connectivity index (χ1) is 9.65. The number of hydrogen-bond acceptors (Lipinski definition) is 4. The number of nitrogens with two attached hydrogens (primary N) is 1. The Morgan fingerprint density at radius 2 is 2.05 bits per heavy atom. The van der Waals surface area contributed by atoms with Gasteiger partial charge < -0.3 is 0 Å². The molecule has 0 amide bonds. The highest BCUT2D eigenvalue weighted by molar-refractivity contribution is 6.31. The van der Waals surface area contributed by atoms with Gasteiger partial charge in [0.05, 0.1) is 17.4 Å². The van der Waals surface area contributed by atoms with Crippen molar-refractivity contribution in [1.29, 1.82) is 0 Å². The molecular weight excluding hydrogens is 272 g/mol. The molecular formula is C15H19ClN4. The van der Waals surface area contributed by atoms with Crippen molar-refractivity contribution in [3.8, 4) is 0 Å². The van der Waals surface area contributed by atoms with Crippen LogP contribution in [0.5, 0.6) is 0 Å². The van der Waals surface area contributed by atoms with E-state index in [0.29, 0.717) is 6.42 Å². The van der Waals surface area contributed by atoms with E-state index in [4.69, 9.17) is 17.4 Å². The zero-order valence-corrected chi connectivity index (χ0v) is 12.5. The molecule has 4 nitrogen and oxygen atoms in total. The molecule has 1 unspecified atom stereocenters. The molecule has 1 aromatic carbocycles. The van der Waals surface area contributed by atoms with Crippen LogP contribution < -0.4 is 11.3 Å². The van der Waals surface area contributed by atoms with Gasteiger partial charge in [0.25, 0.3) is 0 Å². The number of hydrogen-bond donors (Lipinski definition) is 2. The van der Waals surface area contributed by atoms with E-state index >= 15 is 0 Å². The number of benzene rings is 1. The van der Waals surface area contributed by atoms with Crippen LogP contribution in [-0.4, -0.2) is 10.2 Å². The molecule has 0 saturated carbocycles. The maximum absolute atomic E-state index is 6.22. The fraction of sp³-hybridized carbons (Fsp3) is 0.333. The van der Waals surface area contributed by atoms with Crippen LogP contribution in [0.25, 0.3) is 0 Å². The Balaban J connectivity index is 2.33. The van der Waals surface area contributed by atoms with Gasteiger partial charge in [-0.1, -0.05) is 36.7 Å². The second-order valence-electron chi connectivity index (χ2n) is 4.76. The van der Waals surface area contributed by atoms with E-state index in [-0.39, 0.29) is 6.04 Å². The molecule has 2 rings (SSSR count). The second-order valence-corrected chi connectivity index (χ2v) is 5.16. The van der Waals surface area contributed by atoms with E-state index < -0.39 is 0 Å². The van der Waals surface area contributed by atoms with Crippen LogP contribution in [0.15, 0.2) is 30.3 Å². The van der Waals surface area contributed by atoms with Gasteiger partial charge in [0.1, 0.15) is 0 Å². The van der Waals surface area contributed by atoms with Crippen LogP contribution in [-0.2, 0) is 12.8 Å². The number of hydrazine groups is 1. The molecule has 1 heterocycles. The number of rotatable bonds is 5. The topological polar surface area (TPSA) is 63.8 Å². The van der Waals surface area contributed by atoms with Gasteiger partial charge in [-0.25, -0.2) is 0 Å². The summed E-state index contributed by atoms with van der Waals surface area (Å²) in [6.45, 7) is 3.99. The van der Waals surface area contributed by atoms with Crippen LogP contribution in [0.1, 0.15) is 35.5 Å². The Morgan fingerprint density at radius 1 is 1.30 bits per heavy atom. The summed E-state index contributed by atoms with van der Waals surface area (Å²) < 4.78 is 0. The highest BCUT2D eigenvalue weighted by Gasteiger charge is 2.17. The lowest BCUT2D eigenvalue weighted by Gasteiger charge is -2.19. The first kappa shape index (κ1) is 14.9. The number of aryl methyl sites for hydroxylation is 2. The van der Waals surface area contributed by atoms with Gasteiger partial charge in [0.2, 0.25) is 0 Å². The Kier molecular flexibility index (Phi) is 5.06. The van der Waals surface area contributed by atoms with Crippen molar-refractivity contribution in [2.45, 2.75) is 32.7 Å². The van der Waals surface area contributed by atoms with Crippen LogP contribution in [0.3, 0.4) is 0 Å². The average Bonchev–Trinajstić information content (AvgIpc) is 2.46. The lowest BCUT2D eigenvalue weighted by molar-refractivity contribution is 0.542. The fourth-order valence-corrected chi connectivity index (χ4v) is 2.47. The molecule has 2 aromatic rings. The highest BCUT2D eigenvalue weighted by Crippen LogP contribution is 2.24. The molecule has 0 saturated heterocycles. The van der Waals surface area contributed by atoms with Crippen molar-refractivity contribution >= 4 is 11.6 Å². The Hall–Kier alpha value is -1.49.